The molecule has 2 rings (SSSR count). The van der Waals surface area contributed by atoms with E-state index < -0.39 is 0 Å². The van der Waals surface area contributed by atoms with Crippen LogP contribution in [0.25, 0.3) is 0 Å². The van der Waals surface area contributed by atoms with Crippen LogP contribution in [0.15, 0.2) is 23.8 Å². The third-order valence-corrected chi connectivity index (χ3v) is 6.93. The second kappa shape index (κ2) is 12.9. The van der Waals surface area contributed by atoms with Gasteiger partial charge in [-0.05, 0) is 62.8 Å². The second-order valence-electron chi connectivity index (χ2n) is 10.1. The van der Waals surface area contributed by atoms with Gasteiger partial charge in [0, 0.05) is 12.0 Å². The van der Waals surface area contributed by atoms with Gasteiger partial charge in [0.05, 0.1) is 12.2 Å². The molecule has 0 saturated heterocycles. The topological polar surface area (TPSA) is 52.5 Å². The number of hydrogen-bond donors (Lipinski definition) is 3. The Bertz CT molecular complexity index is 513. The molecule has 6 atom stereocenters. The Morgan fingerprint density at radius 1 is 1.17 bits per heavy atom. The molecule has 0 unspecified atom stereocenters. The highest BCUT2D eigenvalue weighted by Gasteiger charge is 2.43. The number of fused-ring (bicyclic) bond motifs is 1. The zero-order valence-corrected chi connectivity index (χ0v) is 19.4. The van der Waals surface area contributed by atoms with Gasteiger partial charge in [-0.2, -0.15) is 0 Å². The predicted molar refractivity (Wildman–Crippen MR) is 124 cm³/mol. The van der Waals surface area contributed by atoms with Gasteiger partial charge in [-0.1, -0.05) is 77.2 Å². The average Bonchev–Trinajstić information content (AvgIpc) is 3.17. The number of unbranched alkanes of at least 4 members (excludes halogenated alkanes) is 3. The Kier molecular flexibility index (Phi) is 11.0. The van der Waals surface area contributed by atoms with Crippen molar-refractivity contribution < 1.29 is 10.2 Å². The fourth-order valence-corrected chi connectivity index (χ4v) is 5.25. The maximum atomic E-state index is 10.5. The van der Waals surface area contributed by atoms with Crippen LogP contribution in [0, 0.1) is 23.7 Å². The summed E-state index contributed by atoms with van der Waals surface area (Å²) >= 11 is 0. The first-order chi connectivity index (χ1) is 13.9. The Labute approximate surface area is 180 Å². The Morgan fingerprint density at radius 2 is 1.97 bits per heavy atom. The smallest absolute Gasteiger partial charge is 0.0723 e. The predicted octanol–water partition coefficient (Wildman–Crippen LogP) is 5.62. The van der Waals surface area contributed by atoms with Gasteiger partial charge >= 0.3 is 0 Å². The van der Waals surface area contributed by atoms with E-state index in [0.29, 0.717) is 23.8 Å². The highest BCUT2D eigenvalue weighted by molar-refractivity contribution is 5.21. The van der Waals surface area contributed by atoms with Crippen molar-refractivity contribution in [2.75, 3.05) is 6.54 Å². The molecule has 0 aromatic rings. The summed E-state index contributed by atoms with van der Waals surface area (Å²) in [6.07, 6.45) is 17.5. The van der Waals surface area contributed by atoms with Gasteiger partial charge in [0.2, 0.25) is 0 Å². The van der Waals surface area contributed by atoms with Crippen LogP contribution in [-0.4, -0.2) is 35.0 Å². The van der Waals surface area contributed by atoms with E-state index in [-0.39, 0.29) is 18.1 Å². The van der Waals surface area contributed by atoms with E-state index in [2.05, 4.69) is 45.2 Å². The second-order valence-corrected chi connectivity index (χ2v) is 10.1. The molecular formula is C26H47NO2. The fraction of sp³-hybridized carbons (Fsp3) is 0.846. The molecule has 1 fully saturated rings. The lowest BCUT2D eigenvalue weighted by molar-refractivity contribution is 0.139. The molecule has 2 aliphatic carbocycles. The van der Waals surface area contributed by atoms with Crippen molar-refractivity contribution in [2.45, 2.75) is 110 Å². The van der Waals surface area contributed by atoms with E-state index in [0.717, 1.165) is 25.8 Å². The highest BCUT2D eigenvalue weighted by Crippen LogP contribution is 2.48. The molecule has 3 heteroatoms. The van der Waals surface area contributed by atoms with Crippen LogP contribution >= 0.6 is 0 Å². The van der Waals surface area contributed by atoms with Crippen molar-refractivity contribution in [3.63, 3.8) is 0 Å². The lowest BCUT2D eigenvalue weighted by atomic mass is 9.88. The van der Waals surface area contributed by atoms with Gasteiger partial charge in [-0.15, -0.1) is 0 Å². The van der Waals surface area contributed by atoms with Gasteiger partial charge in [-0.3, -0.25) is 0 Å². The van der Waals surface area contributed by atoms with Crippen molar-refractivity contribution in [1.29, 1.82) is 0 Å². The number of hydrogen-bond acceptors (Lipinski definition) is 3. The van der Waals surface area contributed by atoms with Crippen LogP contribution in [0.3, 0.4) is 0 Å². The van der Waals surface area contributed by atoms with Crippen LogP contribution in [0.1, 0.15) is 91.9 Å². The maximum absolute atomic E-state index is 10.5. The van der Waals surface area contributed by atoms with Gasteiger partial charge in [0.1, 0.15) is 0 Å². The van der Waals surface area contributed by atoms with Crippen LogP contribution < -0.4 is 5.32 Å². The van der Waals surface area contributed by atoms with Crippen molar-refractivity contribution in [3.8, 4) is 0 Å². The quantitative estimate of drug-likeness (QED) is 0.260. The lowest BCUT2D eigenvalue weighted by Crippen LogP contribution is -2.23. The summed E-state index contributed by atoms with van der Waals surface area (Å²) in [5.41, 5.74) is 1.61. The molecular weight excluding hydrogens is 358 g/mol. The van der Waals surface area contributed by atoms with Gasteiger partial charge in [0.15, 0.2) is 0 Å². The lowest BCUT2D eigenvalue weighted by Gasteiger charge is -2.19. The SMILES string of the molecule is CCCC[C@H](C)C[C@H](O)/C=C/[C@@H]1[C@H]2CC(CCCCCNC(C)C)=C[C@H]2C[C@H]1O. The highest BCUT2D eigenvalue weighted by atomic mass is 16.3. The molecule has 0 aliphatic heterocycles. The third kappa shape index (κ3) is 8.55. The molecule has 0 radical (unpaired) electrons. The third-order valence-electron chi connectivity index (χ3n) is 6.93. The van der Waals surface area contributed by atoms with Gasteiger partial charge in [0.25, 0.3) is 0 Å². The van der Waals surface area contributed by atoms with Gasteiger partial charge < -0.3 is 15.5 Å². The monoisotopic (exact) mass is 405 g/mol. The van der Waals surface area contributed by atoms with Crippen LogP contribution in [-0.2, 0) is 0 Å². The van der Waals surface area contributed by atoms with E-state index in [1.54, 1.807) is 5.57 Å². The molecule has 1 saturated carbocycles. The molecule has 0 bridgehead atoms. The van der Waals surface area contributed by atoms with Crippen molar-refractivity contribution in [2.24, 2.45) is 23.7 Å². The number of rotatable bonds is 14. The van der Waals surface area contributed by atoms with E-state index >= 15 is 0 Å². The van der Waals surface area contributed by atoms with Crippen molar-refractivity contribution in [1.82, 2.24) is 5.32 Å². The normalized spacial score (nSPS) is 28.9. The van der Waals surface area contributed by atoms with Crippen LogP contribution in [0.5, 0.6) is 0 Å². The van der Waals surface area contributed by atoms with Crippen LogP contribution in [0.2, 0.25) is 0 Å². The minimum atomic E-state index is -0.374. The number of nitrogens with one attached hydrogen (secondary N) is 1. The number of aliphatic hydroxyl groups excluding tert-OH is 2. The summed E-state index contributed by atoms with van der Waals surface area (Å²) in [4.78, 5) is 0. The molecule has 168 valence electrons. The Hall–Kier alpha value is -0.640. The Balaban J connectivity index is 1.72. The Morgan fingerprint density at radius 3 is 2.69 bits per heavy atom. The summed E-state index contributed by atoms with van der Waals surface area (Å²) in [5, 5.41) is 24.4. The first-order valence-electron chi connectivity index (χ1n) is 12.4. The first-order valence-corrected chi connectivity index (χ1v) is 12.4. The van der Waals surface area contributed by atoms with E-state index in [1.807, 2.05) is 6.08 Å². The minimum Gasteiger partial charge on any atom is -0.392 e. The van der Waals surface area contributed by atoms with Crippen LogP contribution in [0.4, 0.5) is 0 Å². The summed E-state index contributed by atoms with van der Waals surface area (Å²) in [6, 6.07) is 0.585. The van der Waals surface area contributed by atoms with E-state index in [1.165, 1.54) is 44.9 Å². The van der Waals surface area contributed by atoms with E-state index in [9.17, 15) is 10.2 Å². The molecule has 3 N–H and O–H groups in total. The molecule has 0 aromatic heterocycles. The van der Waals surface area contributed by atoms with E-state index in [4.69, 9.17) is 0 Å². The summed E-state index contributed by atoms with van der Waals surface area (Å²) in [6.45, 7) is 9.98. The molecule has 3 nitrogen and oxygen atoms in total. The maximum Gasteiger partial charge on any atom is 0.0723 e. The molecule has 0 aromatic carbocycles. The molecule has 0 amide bonds. The molecule has 0 heterocycles. The van der Waals surface area contributed by atoms with Gasteiger partial charge in [-0.25, -0.2) is 0 Å². The molecule has 2 aliphatic rings. The zero-order chi connectivity index (χ0) is 21.2. The van der Waals surface area contributed by atoms with Crippen molar-refractivity contribution in [3.05, 3.63) is 23.8 Å². The summed E-state index contributed by atoms with van der Waals surface area (Å²) < 4.78 is 0. The summed E-state index contributed by atoms with van der Waals surface area (Å²) in [5.74, 6) is 1.86. The minimum absolute atomic E-state index is 0.213. The first kappa shape index (κ1) is 24.6. The molecule has 29 heavy (non-hydrogen) atoms. The standard InChI is InChI=1S/C26H47NO2/c1-5-6-10-20(4)15-23(28)12-13-24-25-17-21(16-22(25)18-26(24)29)11-8-7-9-14-27-19(2)3/h12-13,16,19-20,22-29H,5-11,14-15,17-18H2,1-4H3/b13-12+/t20-,22-,23+,24+,25-,26+/m0/s1. The molecule has 0 spiro atoms. The fourth-order valence-electron chi connectivity index (χ4n) is 5.25. The summed E-state index contributed by atoms with van der Waals surface area (Å²) in [7, 11) is 0. The number of aliphatic hydroxyl groups is 2. The zero-order valence-electron chi connectivity index (χ0n) is 19.4. The number of allylic oxidation sites excluding steroid dienone is 2. The largest absolute Gasteiger partial charge is 0.392 e. The van der Waals surface area contributed by atoms with Crippen molar-refractivity contribution >= 4 is 0 Å². The average molecular weight is 406 g/mol.